The zero-order valence-electron chi connectivity index (χ0n) is 9.38. The molecule has 0 bridgehead atoms. The Balaban J connectivity index is 2.95. The van der Waals surface area contributed by atoms with Gasteiger partial charge in [0.25, 0.3) is 0 Å². The molecule has 0 saturated carbocycles. The maximum Gasteiger partial charge on any atom is 0.305 e. The molecule has 0 atom stereocenters. The molecule has 0 amide bonds. The van der Waals surface area contributed by atoms with Crippen LogP contribution in [0.1, 0.15) is 46.0 Å². The summed E-state index contributed by atoms with van der Waals surface area (Å²) in [5.74, 6) is -0.104. The second-order valence-electron chi connectivity index (χ2n) is 3.25. The van der Waals surface area contributed by atoms with Gasteiger partial charge in [0.15, 0.2) is 0 Å². The lowest BCUT2D eigenvalue weighted by molar-refractivity contribution is -0.143. The molecule has 0 N–H and O–H groups in total. The average molecular weight is 202 g/mol. The molecular weight excluding hydrogens is 180 g/mol. The van der Waals surface area contributed by atoms with Gasteiger partial charge in [-0.3, -0.25) is 4.79 Å². The van der Waals surface area contributed by atoms with E-state index in [1.807, 2.05) is 0 Å². The topological polar surface area (TPSA) is 35.5 Å². The molecule has 0 rings (SSSR count). The molecule has 14 heavy (non-hydrogen) atoms. The van der Waals surface area contributed by atoms with Crippen molar-refractivity contribution in [2.45, 2.75) is 46.0 Å². The van der Waals surface area contributed by atoms with Gasteiger partial charge in [-0.05, 0) is 25.7 Å². The number of rotatable bonds is 9. The fourth-order valence-corrected chi connectivity index (χ4v) is 1.02. The Hall–Kier alpha value is -0.570. The quantitative estimate of drug-likeness (QED) is 0.426. The highest BCUT2D eigenvalue weighted by atomic mass is 16.5. The number of hydrogen-bond acceptors (Lipinski definition) is 3. The molecule has 0 unspecified atom stereocenters. The third kappa shape index (κ3) is 9.52. The first-order valence-electron chi connectivity index (χ1n) is 5.54. The van der Waals surface area contributed by atoms with Crippen LogP contribution in [0.25, 0.3) is 0 Å². The Kier molecular flexibility index (Phi) is 10.1. The lowest BCUT2D eigenvalue weighted by Gasteiger charge is -2.03. The minimum absolute atomic E-state index is 0.104. The van der Waals surface area contributed by atoms with Crippen LogP contribution in [0.3, 0.4) is 0 Å². The van der Waals surface area contributed by atoms with E-state index in [-0.39, 0.29) is 5.97 Å². The normalized spacial score (nSPS) is 10.1. The molecule has 0 saturated heterocycles. The molecule has 0 aromatic heterocycles. The Bertz CT molecular complexity index is 134. The minimum atomic E-state index is -0.104. The van der Waals surface area contributed by atoms with Gasteiger partial charge in [0, 0.05) is 19.6 Å². The summed E-state index contributed by atoms with van der Waals surface area (Å²) < 4.78 is 10.3. The van der Waals surface area contributed by atoms with Crippen molar-refractivity contribution in [3.8, 4) is 0 Å². The van der Waals surface area contributed by atoms with Crippen molar-refractivity contribution in [2.24, 2.45) is 0 Å². The highest BCUT2D eigenvalue weighted by molar-refractivity contribution is 5.68. The molecule has 0 spiro atoms. The van der Waals surface area contributed by atoms with Crippen molar-refractivity contribution in [1.29, 1.82) is 0 Å². The summed E-state index contributed by atoms with van der Waals surface area (Å²) in [7, 11) is 0. The number of hydrogen-bond donors (Lipinski definition) is 0. The number of carbonyl (C=O) groups is 1. The van der Waals surface area contributed by atoms with Crippen molar-refractivity contribution < 1.29 is 14.3 Å². The smallest absolute Gasteiger partial charge is 0.305 e. The van der Waals surface area contributed by atoms with E-state index in [4.69, 9.17) is 9.47 Å². The maximum atomic E-state index is 10.7. The van der Waals surface area contributed by atoms with E-state index in [2.05, 4.69) is 6.92 Å². The van der Waals surface area contributed by atoms with E-state index in [9.17, 15) is 4.79 Å². The predicted molar refractivity (Wildman–Crippen MR) is 56.2 cm³/mol. The Labute approximate surface area is 86.8 Å². The first-order chi connectivity index (χ1) is 6.81. The lowest BCUT2D eigenvalue weighted by atomic mass is 10.2. The summed E-state index contributed by atoms with van der Waals surface area (Å²) in [6, 6.07) is 0. The molecule has 0 radical (unpaired) electrons. The Morgan fingerprint density at radius 1 is 1.00 bits per heavy atom. The summed E-state index contributed by atoms with van der Waals surface area (Å²) in [6.45, 7) is 6.14. The molecule has 3 nitrogen and oxygen atoms in total. The van der Waals surface area contributed by atoms with Crippen molar-refractivity contribution in [2.75, 3.05) is 19.8 Å². The fourth-order valence-electron chi connectivity index (χ4n) is 1.02. The highest BCUT2D eigenvalue weighted by Crippen LogP contribution is 1.97. The fraction of sp³-hybridized carbons (Fsp3) is 0.909. The van der Waals surface area contributed by atoms with E-state index in [1.165, 1.54) is 0 Å². The van der Waals surface area contributed by atoms with Gasteiger partial charge in [-0.2, -0.15) is 0 Å². The van der Waals surface area contributed by atoms with Crippen LogP contribution in [0.2, 0.25) is 0 Å². The predicted octanol–water partition coefficient (Wildman–Crippen LogP) is 2.54. The molecule has 0 aliphatic heterocycles. The van der Waals surface area contributed by atoms with Crippen molar-refractivity contribution in [1.82, 2.24) is 0 Å². The third-order valence-corrected chi connectivity index (χ3v) is 1.83. The maximum absolute atomic E-state index is 10.7. The highest BCUT2D eigenvalue weighted by Gasteiger charge is 1.96. The van der Waals surface area contributed by atoms with E-state index >= 15 is 0 Å². The van der Waals surface area contributed by atoms with Gasteiger partial charge in [-0.15, -0.1) is 0 Å². The van der Waals surface area contributed by atoms with Crippen molar-refractivity contribution >= 4 is 5.97 Å². The zero-order valence-corrected chi connectivity index (χ0v) is 9.38. The van der Waals surface area contributed by atoms with Gasteiger partial charge in [0.2, 0.25) is 0 Å². The van der Waals surface area contributed by atoms with E-state index in [0.29, 0.717) is 13.0 Å². The summed E-state index contributed by atoms with van der Waals surface area (Å²) in [5.41, 5.74) is 0. The largest absolute Gasteiger partial charge is 0.466 e. The van der Waals surface area contributed by atoms with E-state index in [1.54, 1.807) is 6.92 Å². The van der Waals surface area contributed by atoms with Gasteiger partial charge in [-0.25, -0.2) is 0 Å². The molecule has 0 aliphatic carbocycles. The molecule has 0 heterocycles. The van der Waals surface area contributed by atoms with Crippen LogP contribution in [0.4, 0.5) is 0 Å². The summed E-state index contributed by atoms with van der Waals surface area (Å²) in [6.07, 6.45) is 4.62. The van der Waals surface area contributed by atoms with Crippen LogP contribution in [0.15, 0.2) is 0 Å². The molecule has 0 aromatic rings. The van der Waals surface area contributed by atoms with Crippen LogP contribution in [-0.4, -0.2) is 25.8 Å². The second kappa shape index (κ2) is 10.5. The third-order valence-electron chi connectivity index (χ3n) is 1.83. The van der Waals surface area contributed by atoms with Crippen LogP contribution in [0, 0.1) is 0 Å². The molecule has 3 heteroatoms. The number of ether oxygens (including phenoxy) is 2. The first-order valence-corrected chi connectivity index (χ1v) is 5.54. The number of unbranched alkanes of at least 4 members (excludes halogenated alkanes) is 2. The van der Waals surface area contributed by atoms with Crippen LogP contribution in [-0.2, 0) is 14.3 Å². The van der Waals surface area contributed by atoms with E-state index < -0.39 is 0 Å². The van der Waals surface area contributed by atoms with Gasteiger partial charge >= 0.3 is 5.97 Å². The second-order valence-corrected chi connectivity index (χ2v) is 3.25. The monoisotopic (exact) mass is 202 g/mol. The lowest BCUT2D eigenvalue weighted by Crippen LogP contribution is -2.04. The SMILES string of the molecule is CCCOCCCCCOC(=O)CC. The van der Waals surface area contributed by atoms with Gasteiger partial charge in [0.1, 0.15) is 0 Å². The molecule has 0 aliphatic rings. The summed E-state index contributed by atoms with van der Waals surface area (Å²) in [5, 5.41) is 0. The minimum Gasteiger partial charge on any atom is -0.466 e. The Morgan fingerprint density at radius 2 is 1.71 bits per heavy atom. The van der Waals surface area contributed by atoms with Gasteiger partial charge < -0.3 is 9.47 Å². The average Bonchev–Trinajstić information content (AvgIpc) is 2.21. The molecule has 0 aromatic carbocycles. The number of esters is 1. The van der Waals surface area contributed by atoms with Crippen molar-refractivity contribution in [3.63, 3.8) is 0 Å². The molecule has 0 fully saturated rings. The summed E-state index contributed by atoms with van der Waals surface area (Å²) in [4.78, 5) is 10.7. The van der Waals surface area contributed by atoms with Crippen molar-refractivity contribution in [3.05, 3.63) is 0 Å². The van der Waals surface area contributed by atoms with Gasteiger partial charge in [-0.1, -0.05) is 13.8 Å². The van der Waals surface area contributed by atoms with Gasteiger partial charge in [0.05, 0.1) is 6.61 Å². The van der Waals surface area contributed by atoms with E-state index in [0.717, 1.165) is 38.9 Å². The van der Waals surface area contributed by atoms with Crippen LogP contribution >= 0.6 is 0 Å². The standard InChI is InChI=1S/C11H22O3/c1-3-8-13-9-6-5-7-10-14-11(12)4-2/h3-10H2,1-2H3. The first kappa shape index (κ1) is 13.4. The van der Waals surface area contributed by atoms with Crippen LogP contribution in [0.5, 0.6) is 0 Å². The van der Waals surface area contributed by atoms with Crippen LogP contribution < -0.4 is 0 Å². The number of carbonyl (C=O) groups excluding carboxylic acids is 1. The molecular formula is C11H22O3. The zero-order chi connectivity index (χ0) is 10.6. The summed E-state index contributed by atoms with van der Waals surface area (Å²) >= 11 is 0. The Morgan fingerprint density at radius 3 is 2.36 bits per heavy atom. The molecule has 84 valence electrons.